The summed E-state index contributed by atoms with van der Waals surface area (Å²) in [7, 11) is 0. The zero-order valence-electron chi connectivity index (χ0n) is 9.95. The van der Waals surface area contributed by atoms with Gasteiger partial charge in [0.05, 0.1) is 0 Å². The summed E-state index contributed by atoms with van der Waals surface area (Å²) >= 11 is 0. The van der Waals surface area contributed by atoms with Crippen molar-refractivity contribution in [3.8, 4) is 0 Å². The zero-order valence-corrected chi connectivity index (χ0v) is 9.95. The van der Waals surface area contributed by atoms with E-state index in [-0.39, 0.29) is 11.7 Å². The highest BCUT2D eigenvalue weighted by molar-refractivity contribution is 6.01. The quantitative estimate of drug-likeness (QED) is 0.688. The second kappa shape index (κ2) is 4.09. The Morgan fingerprint density at radius 1 is 1.00 bits per heavy atom. The molecule has 0 amide bonds. The number of aryl methyl sites for hydroxylation is 1. The minimum atomic E-state index is 0.0576. The number of carbonyl (C=O) groups is 1. The molecular formula is C15H16O. The van der Waals surface area contributed by atoms with Crippen molar-refractivity contribution in [2.45, 2.75) is 20.8 Å². The molecule has 0 bridgehead atoms. The third kappa shape index (κ3) is 1.99. The lowest BCUT2D eigenvalue weighted by Gasteiger charge is -2.06. The first-order valence-corrected chi connectivity index (χ1v) is 5.62. The molecule has 2 aromatic carbocycles. The fourth-order valence-corrected chi connectivity index (χ4v) is 1.85. The van der Waals surface area contributed by atoms with Crippen LogP contribution in [0, 0.1) is 12.8 Å². The van der Waals surface area contributed by atoms with Gasteiger partial charge in [0.2, 0.25) is 0 Å². The number of Topliss-reactive ketones (excluding diaryl/α,β-unsaturated/α-hetero) is 1. The zero-order chi connectivity index (χ0) is 11.7. The maximum absolute atomic E-state index is 11.9. The Balaban J connectivity index is 2.55. The number of hydrogen-bond donors (Lipinski definition) is 0. The average Bonchev–Trinajstić information content (AvgIpc) is 2.26. The van der Waals surface area contributed by atoms with Crippen molar-refractivity contribution in [1.82, 2.24) is 0 Å². The normalized spacial score (nSPS) is 11.0. The Hall–Kier alpha value is -1.63. The molecule has 82 valence electrons. The van der Waals surface area contributed by atoms with Gasteiger partial charge in [-0.05, 0) is 23.8 Å². The highest BCUT2D eigenvalue weighted by Crippen LogP contribution is 2.19. The summed E-state index contributed by atoms with van der Waals surface area (Å²) in [4.78, 5) is 11.9. The van der Waals surface area contributed by atoms with Crippen LogP contribution in [0.3, 0.4) is 0 Å². The average molecular weight is 212 g/mol. The van der Waals surface area contributed by atoms with Gasteiger partial charge < -0.3 is 0 Å². The van der Waals surface area contributed by atoms with E-state index in [1.165, 1.54) is 10.9 Å². The van der Waals surface area contributed by atoms with Gasteiger partial charge in [-0.15, -0.1) is 0 Å². The molecule has 0 radical (unpaired) electrons. The molecule has 0 aliphatic rings. The van der Waals surface area contributed by atoms with Gasteiger partial charge in [-0.25, -0.2) is 0 Å². The number of benzene rings is 2. The summed E-state index contributed by atoms with van der Waals surface area (Å²) in [5.41, 5.74) is 2.04. The molecule has 2 aromatic rings. The first-order valence-electron chi connectivity index (χ1n) is 5.62. The molecule has 0 spiro atoms. The second-order valence-corrected chi connectivity index (χ2v) is 4.58. The van der Waals surface area contributed by atoms with Crippen molar-refractivity contribution in [2.24, 2.45) is 5.92 Å². The Bertz CT molecular complexity index is 538. The molecule has 0 fully saturated rings. The predicted molar refractivity (Wildman–Crippen MR) is 67.9 cm³/mol. The smallest absolute Gasteiger partial charge is 0.165 e. The largest absolute Gasteiger partial charge is 0.294 e. The van der Waals surface area contributed by atoms with Crippen molar-refractivity contribution in [3.63, 3.8) is 0 Å². The molecule has 0 saturated carbocycles. The van der Waals surface area contributed by atoms with Crippen LogP contribution in [0.4, 0.5) is 0 Å². The van der Waals surface area contributed by atoms with Crippen LogP contribution in [0.15, 0.2) is 36.4 Å². The van der Waals surface area contributed by atoms with E-state index in [0.29, 0.717) is 0 Å². The maximum Gasteiger partial charge on any atom is 0.165 e. The molecule has 0 N–H and O–H groups in total. The molecule has 16 heavy (non-hydrogen) atoms. The van der Waals surface area contributed by atoms with E-state index in [4.69, 9.17) is 0 Å². The first-order chi connectivity index (χ1) is 7.58. The summed E-state index contributed by atoms with van der Waals surface area (Å²) in [6.45, 7) is 5.93. The van der Waals surface area contributed by atoms with E-state index >= 15 is 0 Å². The number of hydrogen-bond acceptors (Lipinski definition) is 1. The van der Waals surface area contributed by atoms with E-state index in [9.17, 15) is 4.79 Å². The minimum Gasteiger partial charge on any atom is -0.294 e. The van der Waals surface area contributed by atoms with Crippen LogP contribution in [0.5, 0.6) is 0 Å². The lowest BCUT2D eigenvalue weighted by molar-refractivity contribution is 0.0939. The van der Waals surface area contributed by atoms with Gasteiger partial charge in [-0.2, -0.15) is 0 Å². The number of fused-ring (bicyclic) bond motifs is 1. The second-order valence-electron chi connectivity index (χ2n) is 4.58. The molecule has 0 saturated heterocycles. The van der Waals surface area contributed by atoms with Crippen LogP contribution in [-0.4, -0.2) is 5.78 Å². The number of rotatable bonds is 2. The van der Waals surface area contributed by atoms with Crippen molar-refractivity contribution < 1.29 is 4.79 Å². The van der Waals surface area contributed by atoms with Crippen molar-refractivity contribution >= 4 is 16.6 Å². The first kappa shape index (κ1) is 10.9. The highest BCUT2D eigenvalue weighted by Gasteiger charge is 2.10. The number of ketones is 1. The van der Waals surface area contributed by atoms with Gasteiger partial charge in [-0.1, -0.05) is 49.7 Å². The van der Waals surface area contributed by atoms with Crippen LogP contribution >= 0.6 is 0 Å². The fraction of sp³-hybridized carbons (Fsp3) is 0.267. The third-order valence-corrected chi connectivity index (χ3v) is 2.80. The van der Waals surface area contributed by atoms with Gasteiger partial charge >= 0.3 is 0 Å². The molecule has 0 unspecified atom stereocenters. The summed E-state index contributed by atoms with van der Waals surface area (Å²) in [6.07, 6.45) is 0. The highest BCUT2D eigenvalue weighted by atomic mass is 16.1. The summed E-state index contributed by atoms with van der Waals surface area (Å²) < 4.78 is 0. The Morgan fingerprint density at radius 2 is 1.69 bits per heavy atom. The van der Waals surface area contributed by atoms with Gasteiger partial charge in [0.25, 0.3) is 0 Å². The molecule has 1 heteroatoms. The molecule has 0 aliphatic heterocycles. The van der Waals surface area contributed by atoms with E-state index in [1.807, 2.05) is 32.0 Å². The van der Waals surface area contributed by atoms with Crippen LogP contribution in [-0.2, 0) is 0 Å². The van der Waals surface area contributed by atoms with Gasteiger partial charge in [-0.3, -0.25) is 4.79 Å². The SMILES string of the molecule is Cc1ccc2ccc(C(=O)C(C)C)cc2c1. The monoisotopic (exact) mass is 212 g/mol. The molecule has 1 nitrogen and oxygen atoms in total. The van der Waals surface area contributed by atoms with E-state index in [0.717, 1.165) is 10.9 Å². The Morgan fingerprint density at radius 3 is 2.38 bits per heavy atom. The van der Waals surface area contributed by atoms with Crippen molar-refractivity contribution in [2.75, 3.05) is 0 Å². The Labute approximate surface area is 96.1 Å². The molecule has 0 atom stereocenters. The number of carbonyl (C=O) groups excluding carboxylic acids is 1. The van der Waals surface area contributed by atoms with Crippen molar-refractivity contribution in [3.05, 3.63) is 47.5 Å². The molecule has 0 aromatic heterocycles. The van der Waals surface area contributed by atoms with E-state index in [2.05, 4.69) is 25.1 Å². The molecular weight excluding hydrogens is 196 g/mol. The van der Waals surface area contributed by atoms with Crippen LogP contribution in [0.1, 0.15) is 29.8 Å². The minimum absolute atomic E-state index is 0.0576. The fourth-order valence-electron chi connectivity index (χ4n) is 1.85. The Kier molecular flexibility index (Phi) is 2.78. The summed E-state index contributed by atoms with van der Waals surface area (Å²) in [5, 5.41) is 2.33. The molecule has 2 rings (SSSR count). The lowest BCUT2D eigenvalue weighted by Crippen LogP contribution is -2.06. The molecule has 0 heterocycles. The topological polar surface area (TPSA) is 17.1 Å². The van der Waals surface area contributed by atoms with E-state index < -0.39 is 0 Å². The predicted octanol–water partition coefficient (Wildman–Crippen LogP) is 3.99. The van der Waals surface area contributed by atoms with Crippen LogP contribution in [0.25, 0.3) is 10.8 Å². The van der Waals surface area contributed by atoms with Crippen LogP contribution < -0.4 is 0 Å². The summed E-state index contributed by atoms with van der Waals surface area (Å²) in [6, 6.07) is 12.2. The van der Waals surface area contributed by atoms with Gasteiger partial charge in [0.15, 0.2) is 5.78 Å². The van der Waals surface area contributed by atoms with Gasteiger partial charge in [0, 0.05) is 11.5 Å². The lowest BCUT2D eigenvalue weighted by atomic mass is 9.97. The third-order valence-electron chi connectivity index (χ3n) is 2.80. The standard InChI is InChI=1S/C15H16O/c1-10(2)15(16)13-7-6-12-5-4-11(3)8-14(12)9-13/h4-10H,1-3H3. The molecule has 0 aliphatic carbocycles. The van der Waals surface area contributed by atoms with Crippen LogP contribution in [0.2, 0.25) is 0 Å². The van der Waals surface area contributed by atoms with E-state index in [1.54, 1.807) is 0 Å². The van der Waals surface area contributed by atoms with Crippen molar-refractivity contribution in [1.29, 1.82) is 0 Å². The maximum atomic E-state index is 11.9. The van der Waals surface area contributed by atoms with Gasteiger partial charge in [0.1, 0.15) is 0 Å². The summed E-state index contributed by atoms with van der Waals surface area (Å²) in [5.74, 6) is 0.269.